The summed E-state index contributed by atoms with van der Waals surface area (Å²) in [4.78, 5) is 30.2. The molecule has 0 bridgehead atoms. The summed E-state index contributed by atoms with van der Waals surface area (Å²) in [6, 6.07) is 24.9. The molecule has 5 rings (SSSR count). The molecule has 36 heavy (non-hydrogen) atoms. The highest BCUT2D eigenvalue weighted by molar-refractivity contribution is 6.02. The van der Waals surface area contributed by atoms with E-state index in [1.54, 1.807) is 36.4 Å². The molecule has 3 N–H and O–H groups in total. The number of aromatic hydroxyl groups is 1. The Labute approximate surface area is 208 Å². The van der Waals surface area contributed by atoms with Gasteiger partial charge in [-0.1, -0.05) is 54.1 Å². The number of carboxylic acid groups (broad SMARTS) is 2. The number of rotatable bonds is 2. The van der Waals surface area contributed by atoms with Gasteiger partial charge in [0.15, 0.2) is 0 Å². The zero-order chi connectivity index (χ0) is 26.2. The standard InChI is InChI=1S/2C11H9NO2.C7H8O/c2*1-7-5-6-8-3-2-4-9(11(13)14)10(8)12-7;1-6-2-4-7(8)5-3-6/h2*2-6H,1H3,(H,13,14);2-5,8H,1H3. The molecular formula is C29H26N2O5. The molecule has 0 aliphatic rings. The molecule has 0 saturated carbocycles. The third kappa shape index (κ3) is 6.64. The van der Waals surface area contributed by atoms with Gasteiger partial charge in [-0.3, -0.25) is 9.97 Å². The van der Waals surface area contributed by atoms with Gasteiger partial charge in [0.05, 0.1) is 22.2 Å². The lowest BCUT2D eigenvalue weighted by atomic mass is 10.1. The SMILES string of the molecule is Cc1ccc(O)cc1.Cc1ccc2cccc(C(=O)O)c2n1.Cc1ccc2cccc(C(=O)O)c2n1. The van der Waals surface area contributed by atoms with E-state index in [1.165, 1.54) is 5.56 Å². The van der Waals surface area contributed by atoms with E-state index in [4.69, 9.17) is 15.3 Å². The summed E-state index contributed by atoms with van der Waals surface area (Å²) in [5.74, 6) is -1.54. The number of carboxylic acids is 2. The van der Waals surface area contributed by atoms with Crippen LogP contribution in [0.4, 0.5) is 0 Å². The first kappa shape index (κ1) is 25.8. The summed E-state index contributed by atoms with van der Waals surface area (Å²) in [5.41, 5.74) is 4.44. The number of carbonyl (C=O) groups is 2. The summed E-state index contributed by atoms with van der Waals surface area (Å²) in [5, 5.41) is 28.3. The topological polar surface area (TPSA) is 121 Å². The number of aryl methyl sites for hydroxylation is 3. The van der Waals surface area contributed by atoms with Gasteiger partial charge in [0.1, 0.15) is 5.75 Å². The first-order valence-electron chi connectivity index (χ1n) is 11.1. The fourth-order valence-corrected chi connectivity index (χ4v) is 3.38. The molecule has 0 spiro atoms. The summed E-state index contributed by atoms with van der Waals surface area (Å²) in [6.45, 7) is 5.68. The highest BCUT2D eigenvalue weighted by Crippen LogP contribution is 2.18. The minimum Gasteiger partial charge on any atom is -0.508 e. The van der Waals surface area contributed by atoms with E-state index in [2.05, 4.69) is 9.97 Å². The van der Waals surface area contributed by atoms with Crippen LogP contribution in [0.15, 0.2) is 84.9 Å². The smallest absolute Gasteiger partial charge is 0.337 e. The maximum atomic E-state index is 10.9. The van der Waals surface area contributed by atoms with Crippen LogP contribution < -0.4 is 0 Å². The predicted octanol–water partition coefficient (Wildman–Crippen LogP) is 6.18. The van der Waals surface area contributed by atoms with Crippen molar-refractivity contribution in [2.24, 2.45) is 0 Å². The highest BCUT2D eigenvalue weighted by atomic mass is 16.4. The molecule has 0 amide bonds. The summed E-state index contributed by atoms with van der Waals surface area (Å²) < 4.78 is 0. The lowest BCUT2D eigenvalue weighted by Gasteiger charge is -2.01. The molecule has 0 fully saturated rings. The number of benzene rings is 3. The van der Waals surface area contributed by atoms with Gasteiger partial charge in [-0.05, 0) is 57.2 Å². The van der Waals surface area contributed by atoms with Gasteiger partial charge < -0.3 is 15.3 Å². The van der Waals surface area contributed by atoms with Crippen LogP contribution in [0, 0.1) is 20.8 Å². The number of aromatic carboxylic acids is 2. The average Bonchev–Trinajstić information content (AvgIpc) is 2.85. The van der Waals surface area contributed by atoms with Crippen molar-refractivity contribution in [2.75, 3.05) is 0 Å². The zero-order valence-electron chi connectivity index (χ0n) is 20.1. The number of nitrogens with zero attached hydrogens (tertiary/aromatic N) is 2. The van der Waals surface area contributed by atoms with Gasteiger partial charge in [0.25, 0.3) is 0 Å². The third-order valence-corrected chi connectivity index (χ3v) is 5.21. The van der Waals surface area contributed by atoms with Crippen LogP contribution in [0.5, 0.6) is 5.75 Å². The van der Waals surface area contributed by atoms with Crippen LogP contribution in [0.1, 0.15) is 37.7 Å². The van der Waals surface area contributed by atoms with Crippen molar-refractivity contribution in [3.05, 3.63) is 113 Å². The Bertz CT molecular complexity index is 1410. The van der Waals surface area contributed by atoms with Gasteiger partial charge in [0, 0.05) is 22.2 Å². The molecule has 5 aromatic rings. The fourth-order valence-electron chi connectivity index (χ4n) is 3.38. The molecule has 0 radical (unpaired) electrons. The van der Waals surface area contributed by atoms with Crippen LogP contribution >= 0.6 is 0 Å². The van der Waals surface area contributed by atoms with Crippen molar-refractivity contribution >= 4 is 33.7 Å². The predicted molar refractivity (Wildman–Crippen MR) is 140 cm³/mol. The van der Waals surface area contributed by atoms with Gasteiger partial charge in [-0.25, -0.2) is 9.59 Å². The van der Waals surface area contributed by atoms with E-state index in [0.717, 1.165) is 22.2 Å². The number of hydrogen-bond donors (Lipinski definition) is 3. The minimum absolute atomic E-state index is 0.256. The summed E-state index contributed by atoms with van der Waals surface area (Å²) in [6.07, 6.45) is 0. The van der Waals surface area contributed by atoms with Crippen molar-refractivity contribution in [1.82, 2.24) is 9.97 Å². The highest BCUT2D eigenvalue weighted by Gasteiger charge is 2.09. The van der Waals surface area contributed by atoms with Gasteiger partial charge >= 0.3 is 11.9 Å². The second kappa shape index (κ2) is 11.6. The first-order chi connectivity index (χ1) is 17.2. The van der Waals surface area contributed by atoms with Crippen LogP contribution in [-0.4, -0.2) is 37.2 Å². The quantitative estimate of drug-likeness (QED) is 0.275. The van der Waals surface area contributed by atoms with Gasteiger partial charge in [0.2, 0.25) is 0 Å². The van der Waals surface area contributed by atoms with E-state index in [9.17, 15) is 9.59 Å². The average molecular weight is 483 g/mol. The number of pyridine rings is 2. The molecule has 0 atom stereocenters. The lowest BCUT2D eigenvalue weighted by Crippen LogP contribution is -1.99. The number of phenolic OH excluding ortho intramolecular Hbond substituents is 1. The summed E-state index contributed by atoms with van der Waals surface area (Å²) in [7, 11) is 0. The number of aromatic nitrogens is 2. The number of para-hydroxylation sites is 2. The molecule has 0 saturated heterocycles. The Balaban J connectivity index is 0.000000157. The van der Waals surface area contributed by atoms with Crippen molar-refractivity contribution in [1.29, 1.82) is 0 Å². The summed E-state index contributed by atoms with van der Waals surface area (Å²) >= 11 is 0. The molecule has 3 aromatic carbocycles. The second-order valence-corrected chi connectivity index (χ2v) is 8.11. The Kier molecular flexibility index (Phi) is 8.30. The monoisotopic (exact) mass is 482 g/mol. The third-order valence-electron chi connectivity index (χ3n) is 5.21. The maximum Gasteiger partial charge on any atom is 0.337 e. The molecule has 7 nitrogen and oxygen atoms in total. The maximum absolute atomic E-state index is 10.9. The van der Waals surface area contributed by atoms with Crippen LogP contribution in [0.25, 0.3) is 21.8 Å². The Hall–Kier alpha value is -4.78. The van der Waals surface area contributed by atoms with Gasteiger partial charge in [-0.15, -0.1) is 0 Å². The largest absolute Gasteiger partial charge is 0.508 e. The van der Waals surface area contributed by atoms with E-state index in [1.807, 2.05) is 69.3 Å². The van der Waals surface area contributed by atoms with Crippen molar-refractivity contribution in [3.8, 4) is 5.75 Å². The molecule has 2 heterocycles. The minimum atomic E-state index is -0.936. The van der Waals surface area contributed by atoms with E-state index >= 15 is 0 Å². The van der Waals surface area contributed by atoms with Crippen LogP contribution in [-0.2, 0) is 0 Å². The Morgan fingerprint density at radius 2 is 1.00 bits per heavy atom. The molecule has 182 valence electrons. The van der Waals surface area contributed by atoms with Crippen molar-refractivity contribution in [2.45, 2.75) is 20.8 Å². The molecule has 2 aromatic heterocycles. The molecule has 0 unspecified atom stereocenters. The molecule has 0 aliphatic heterocycles. The lowest BCUT2D eigenvalue weighted by molar-refractivity contribution is 0.0688. The molecular weight excluding hydrogens is 456 g/mol. The Morgan fingerprint density at radius 1 is 0.583 bits per heavy atom. The van der Waals surface area contributed by atoms with E-state index < -0.39 is 11.9 Å². The normalized spacial score (nSPS) is 10.1. The number of hydrogen-bond acceptors (Lipinski definition) is 5. The van der Waals surface area contributed by atoms with Crippen LogP contribution in [0.2, 0.25) is 0 Å². The molecule has 7 heteroatoms. The number of phenols is 1. The molecule has 0 aliphatic carbocycles. The van der Waals surface area contributed by atoms with Gasteiger partial charge in [-0.2, -0.15) is 0 Å². The van der Waals surface area contributed by atoms with Crippen LogP contribution in [0.3, 0.4) is 0 Å². The van der Waals surface area contributed by atoms with E-state index in [-0.39, 0.29) is 11.1 Å². The van der Waals surface area contributed by atoms with Crippen molar-refractivity contribution < 1.29 is 24.9 Å². The number of fused-ring (bicyclic) bond motifs is 2. The second-order valence-electron chi connectivity index (χ2n) is 8.11. The Morgan fingerprint density at radius 3 is 1.36 bits per heavy atom. The fraction of sp³-hybridized carbons (Fsp3) is 0.103. The zero-order valence-corrected chi connectivity index (χ0v) is 20.1. The van der Waals surface area contributed by atoms with E-state index in [0.29, 0.717) is 16.8 Å². The van der Waals surface area contributed by atoms with Crippen molar-refractivity contribution in [3.63, 3.8) is 0 Å². The first-order valence-corrected chi connectivity index (χ1v) is 11.1.